The highest BCUT2D eigenvalue weighted by Crippen LogP contribution is 2.16. The molecule has 0 saturated carbocycles. The molecule has 0 heterocycles. The van der Waals surface area contributed by atoms with Gasteiger partial charge >= 0.3 is 0 Å². The van der Waals surface area contributed by atoms with Gasteiger partial charge in [0.1, 0.15) is 0 Å². The van der Waals surface area contributed by atoms with Gasteiger partial charge in [-0.3, -0.25) is 4.79 Å². The fourth-order valence-corrected chi connectivity index (χ4v) is 7.69. The standard InChI is InChI=1S/C50H97NO4/c1-3-5-7-9-11-13-15-16-17-18-19-20-21-22-23-24-25-26-27-28-29-30-31-32-34-35-37-39-41-43-47(53)45-50(55)51-48(46-52)49(54)44-42-40-38-36-33-14-12-10-8-6-4-2/h22-23,42,44,47-49,52-54H,3-21,24-41,43,45-46H2,1-2H3,(H,51,55)/b23-22-,44-42+. The number of amides is 1. The molecule has 0 radical (unpaired) electrons. The molecule has 0 aromatic carbocycles. The van der Waals surface area contributed by atoms with Crippen LogP contribution in [0.4, 0.5) is 0 Å². The molecular weight excluding hydrogens is 679 g/mol. The van der Waals surface area contributed by atoms with Gasteiger partial charge in [-0.15, -0.1) is 0 Å². The lowest BCUT2D eigenvalue weighted by Crippen LogP contribution is -2.45. The third-order valence-corrected chi connectivity index (χ3v) is 11.5. The Kier molecular flexibility index (Phi) is 44.6. The van der Waals surface area contributed by atoms with E-state index in [-0.39, 0.29) is 18.9 Å². The highest BCUT2D eigenvalue weighted by molar-refractivity contribution is 5.76. The first kappa shape index (κ1) is 53.8. The van der Waals surface area contributed by atoms with E-state index in [0.29, 0.717) is 6.42 Å². The fourth-order valence-electron chi connectivity index (χ4n) is 7.69. The SMILES string of the molecule is CCCCCCCCCCC/C=C/C(O)C(CO)NC(=O)CC(O)CCCCCCCCCCCCCCC/C=C\CCCCCCCCCCCCCC. The average Bonchev–Trinajstić information content (AvgIpc) is 3.18. The van der Waals surface area contributed by atoms with Crippen molar-refractivity contribution in [1.29, 1.82) is 0 Å². The maximum absolute atomic E-state index is 12.4. The predicted octanol–water partition coefficient (Wildman–Crippen LogP) is 14.6. The molecule has 326 valence electrons. The molecular formula is C50H97NO4. The van der Waals surface area contributed by atoms with Crippen LogP contribution in [-0.4, -0.2) is 46.1 Å². The number of hydrogen-bond donors (Lipinski definition) is 4. The maximum Gasteiger partial charge on any atom is 0.222 e. The lowest BCUT2D eigenvalue weighted by molar-refractivity contribution is -0.124. The van der Waals surface area contributed by atoms with Crippen LogP contribution < -0.4 is 5.32 Å². The lowest BCUT2D eigenvalue weighted by atomic mass is 10.0. The van der Waals surface area contributed by atoms with Crippen molar-refractivity contribution in [2.45, 2.75) is 283 Å². The fraction of sp³-hybridized carbons (Fsp3) is 0.900. The molecule has 4 N–H and O–H groups in total. The van der Waals surface area contributed by atoms with E-state index >= 15 is 0 Å². The van der Waals surface area contributed by atoms with Gasteiger partial charge in [0.2, 0.25) is 5.91 Å². The molecule has 0 aliphatic heterocycles. The molecule has 0 fully saturated rings. The highest BCUT2D eigenvalue weighted by atomic mass is 16.3. The van der Waals surface area contributed by atoms with Gasteiger partial charge in [0.05, 0.1) is 31.3 Å². The van der Waals surface area contributed by atoms with E-state index in [4.69, 9.17) is 0 Å². The number of rotatable bonds is 45. The van der Waals surface area contributed by atoms with Crippen molar-refractivity contribution in [2.75, 3.05) is 6.61 Å². The van der Waals surface area contributed by atoms with E-state index in [9.17, 15) is 20.1 Å². The minimum atomic E-state index is -0.925. The number of aliphatic hydroxyl groups excluding tert-OH is 3. The first-order valence-corrected chi connectivity index (χ1v) is 24.6. The molecule has 0 aliphatic rings. The van der Waals surface area contributed by atoms with Crippen molar-refractivity contribution < 1.29 is 20.1 Å². The van der Waals surface area contributed by atoms with Crippen LogP contribution in [0, 0.1) is 0 Å². The van der Waals surface area contributed by atoms with E-state index in [1.54, 1.807) is 6.08 Å². The van der Waals surface area contributed by atoms with E-state index in [1.165, 1.54) is 212 Å². The van der Waals surface area contributed by atoms with Gasteiger partial charge in [0.25, 0.3) is 0 Å². The smallest absolute Gasteiger partial charge is 0.222 e. The number of allylic oxidation sites excluding steroid dienone is 3. The van der Waals surface area contributed by atoms with E-state index in [1.807, 2.05) is 6.08 Å². The number of nitrogens with one attached hydrogen (secondary N) is 1. The normalized spacial score (nSPS) is 13.6. The van der Waals surface area contributed by atoms with Gasteiger partial charge in [0, 0.05) is 0 Å². The van der Waals surface area contributed by atoms with E-state index in [2.05, 4.69) is 31.3 Å². The zero-order valence-electron chi connectivity index (χ0n) is 37.1. The van der Waals surface area contributed by atoms with Crippen molar-refractivity contribution in [1.82, 2.24) is 5.32 Å². The molecule has 0 aromatic heterocycles. The molecule has 1 amide bonds. The summed E-state index contributed by atoms with van der Waals surface area (Å²) in [6.07, 6.45) is 56.4. The summed E-state index contributed by atoms with van der Waals surface area (Å²) in [6, 6.07) is -0.741. The van der Waals surface area contributed by atoms with Gasteiger partial charge in [-0.1, -0.05) is 237 Å². The van der Waals surface area contributed by atoms with Gasteiger partial charge in [0.15, 0.2) is 0 Å². The van der Waals surface area contributed by atoms with Crippen molar-refractivity contribution >= 4 is 5.91 Å². The largest absolute Gasteiger partial charge is 0.394 e. The molecule has 0 rings (SSSR count). The molecule has 0 aliphatic carbocycles. The average molecular weight is 776 g/mol. The second-order valence-electron chi connectivity index (χ2n) is 17.1. The summed E-state index contributed by atoms with van der Waals surface area (Å²) in [5.74, 6) is -0.314. The van der Waals surface area contributed by atoms with Crippen LogP contribution in [0.5, 0.6) is 0 Å². The van der Waals surface area contributed by atoms with Crippen LogP contribution >= 0.6 is 0 Å². The molecule has 0 aromatic rings. The van der Waals surface area contributed by atoms with Gasteiger partial charge in [-0.25, -0.2) is 0 Å². The molecule has 5 heteroatoms. The summed E-state index contributed by atoms with van der Waals surface area (Å²) < 4.78 is 0. The predicted molar refractivity (Wildman–Crippen MR) is 241 cm³/mol. The zero-order chi connectivity index (χ0) is 40.1. The van der Waals surface area contributed by atoms with Crippen LogP contribution in [0.25, 0.3) is 0 Å². The van der Waals surface area contributed by atoms with Crippen LogP contribution in [0.3, 0.4) is 0 Å². The third-order valence-electron chi connectivity index (χ3n) is 11.5. The van der Waals surface area contributed by atoms with Crippen molar-refractivity contribution in [3.8, 4) is 0 Å². The van der Waals surface area contributed by atoms with Crippen LogP contribution in [-0.2, 0) is 4.79 Å². The summed E-state index contributed by atoms with van der Waals surface area (Å²) in [5.41, 5.74) is 0. The minimum Gasteiger partial charge on any atom is -0.394 e. The zero-order valence-corrected chi connectivity index (χ0v) is 37.1. The second kappa shape index (κ2) is 45.5. The lowest BCUT2D eigenvalue weighted by Gasteiger charge is -2.21. The molecule has 0 saturated heterocycles. The Hall–Kier alpha value is -1.17. The first-order chi connectivity index (χ1) is 27.0. The van der Waals surface area contributed by atoms with Gasteiger partial charge in [-0.05, 0) is 44.9 Å². The Morgan fingerprint density at radius 2 is 0.764 bits per heavy atom. The Bertz CT molecular complexity index is 814. The topological polar surface area (TPSA) is 89.8 Å². The number of carbonyl (C=O) groups is 1. The third kappa shape index (κ3) is 42.3. The van der Waals surface area contributed by atoms with Crippen molar-refractivity contribution in [3.05, 3.63) is 24.3 Å². The number of hydrogen-bond acceptors (Lipinski definition) is 4. The Morgan fingerprint density at radius 1 is 0.455 bits per heavy atom. The minimum absolute atomic E-state index is 0.0158. The number of carbonyl (C=O) groups excluding carboxylic acids is 1. The molecule has 55 heavy (non-hydrogen) atoms. The molecule has 3 atom stereocenters. The van der Waals surface area contributed by atoms with E-state index in [0.717, 1.165) is 25.7 Å². The van der Waals surface area contributed by atoms with Gasteiger partial charge < -0.3 is 20.6 Å². The first-order valence-electron chi connectivity index (χ1n) is 24.6. The molecule has 3 unspecified atom stereocenters. The molecule has 5 nitrogen and oxygen atoms in total. The van der Waals surface area contributed by atoms with Crippen LogP contribution in [0.2, 0.25) is 0 Å². The van der Waals surface area contributed by atoms with Gasteiger partial charge in [-0.2, -0.15) is 0 Å². The second-order valence-corrected chi connectivity index (χ2v) is 17.1. The maximum atomic E-state index is 12.4. The summed E-state index contributed by atoms with van der Waals surface area (Å²) in [4.78, 5) is 12.4. The molecule has 0 bridgehead atoms. The van der Waals surface area contributed by atoms with Crippen molar-refractivity contribution in [2.24, 2.45) is 0 Å². The van der Waals surface area contributed by atoms with Crippen LogP contribution in [0.1, 0.15) is 264 Å². The Morgan fingerprint density at radius 3 is 1.11 bits per heavy atom. The quantitative estimate of drug-likeness (QED) is 0.0366. The summed E-state index contributed by atoms with van der Waals surface area (Å²) in [6.45, 7) is 4.21. The Balaban J connectivity index is 3.51. The van der Waals surface area contributed by atoms with Crippen LogP contribution in [0.15, 0.2) is 24.3 Å². The number of aliphatic hydroxyl groups is 3. The molecule has 0 spiro atoms. The monoisotopic (exact) mass is 776 g/mol. The number of unbranched alkanes of at least 4 members (excludes halogenated alkanes) is 34. The summed E-state index contributed by atoms with van der Waals surface area (Å²) in [7, 11) is 0. The summed E-state index contributed by atoms with van der Waals surface area (Å²) >= 11 is 0. The van der Waals surface area contributed by atoms with E-state index < -0.39 is 18.2 Å². The Labute approximate surface area is 343 Å². The summed E-state index contributed by atoms with van der Waals surface area (Å²) in [5, 5.41) is 33.2. The van der Waals surface area contributed by atoms with Crippen molar-refractivity contribution in [3.63, 3.8) is 0 Å². The highest BCUT2D eigenvalue weighted by Gasteiger charge is 2.20.